The lowest BCUT2D eigenvalue weighted by molar-refractivity contribution is -0.127. The van der Waals surface area contributed by atoms with Gasteiger partial charge in [0.1, 0.15) is 0 Å². The maximum atomic E-state index is 10.7. The van der Waals surface area contributed by atoms with Crippen molar-refractivity contribution in [2.75, 3.05) is 13.1 Å². The number of hydrogen-bond donors (Lipinski definition) is 0. The lowest BCUT2D eigenvalue weighted by atomic mass is 10.4. The molecule has 1 aliphatic heterocycles. The molecule has 0 N–H and O–H groups in total. The molecule has 1 fully saturated rings. The Balaban J connectivity index is 2.39. The second-order valence-corrected chi connectivity index (χ2v) is 2.97. The van der Waals surface area contributed by atoms with Crippen LogP contribution in [0.15, 0.2) is 0 Å². The number of carbonyl (C=O) groups is 1. The quantitative estimate of drug-likeness (QED) is 0.465. The number of rotatable bonds is 0. The van der Waals surface area contributed by atoms with Crippen molar-refractivity contribution in [3.8, 4) is 0 Å². The number of carbonyl (C=O) groups excluding carboxylic acids is 1. The van der Waals surface area contributed by atoms with Crippen LogP contribution in [0.5, 0.6) is 0 Å². The predicted octanol–water partition coefficient (Wildman–Crippen LogP) is 0.846. The van der Waals surface area contributed by atoms with Gasteiger partial charge in [-0.2, -0.15) is 0 Å². The topological polar surface area (TPSA) is 20.3 Å². The molecule has 1 atom stereocenters. The van der Waals surface area contributed by atoms with E-state index in [1.54, 1.807) is 11.8 Å². The van der Waals surface area contributed by atoms with Crippen molar-refractivity contribution in [2.24, 2.45) is 0 Å². The summed E-state index contributed by atoms with van der Waals surface area (Å²) in [4.78, 5) is 12.4. The summed E-state index contributed by atoms with van der Waals surface area (Å²) in [5.41, 5.74) is 0. The van der Waals surface area contributed by atoms with E-state index in [0.717, 1.165) is 19.5 Å². The summed E-state index contributed by atoms with van der Waals surface area (Å²) in [6.07, 6.45) is 0.946. The highest BCUT2D eigenvalue weighted by Crippen LogP contribution is 2.13. The summed E-state index contributed by atoms with van der Waals surface area (Å²) in [6, 6.07) is 0. The third kappa shape index (κ3) is 1.58. The van der Waals surface area contributed by atoms with Crippen LogP contribution in [0.2, 0.25) is 0 Å². The molecule has 9 heavy (non-hydrogen) atoms. The number of amides is 1. The van der Waals surface area contributed by atoms with E-state index in [2.05, 4.69) is 0 Å². The van der Waals surface area contributed by atoms with Crippen LogP contribution < -0.4 is 0 Å². The highest BCUT2D eigenvalue weighted by Gasteiger charge is 2.21. The van der Waals surface area contributed by atoms with Crippen LogP contribution in [0.3, 0.4) is 0 Å². The number of alkyl halides is 1. The van der Waals surface area contributed by atoms with Crippen LogP contribution in [-0.4, -0.2) is 29.3 Å². The number of likely N-dealkylation sites (tertiary alicyclic amines) is 1. The van der Waals surface area contributed by atoms with Crippen LogP contribution in [0, 0.1) is 0 Å². The van der Waals surface area contributed by atoms with Crippen molar-refractivity contribution >= 4 is 17.5 Å². The SMILES string of the molecule is CC(=O)N1CCC(Cl)C1. The molecule has 0 aromatic heterocycles. The minimum Gasteiger partial charge on any atom is -0.341 e. The van der Waals surface area contributed by atoms with E-state index < -0.39 is 0 Å². The minimum absolute atomic E-state index is 0.137. The zero-order valence-electron chi connectivity index (χ0n) is 5.43. The summed E-state index contributed by atoms with van der Waals surface area (Å²) in [6.45, 7) is 3.15. The van der Waals surface area contributed by atoms with E-state index in [1.165, 1.54) is 0 Å². The summed E-state index contributed by atoms with van der Waals surface area (Å²) in [7, 11) is 0. The summed E-state index contributed by atoms with van der Waals surface area (Å²) in [5.74, 6) is 0.137. The Hall–Kier alpha value is -0.240. The molecule has 1 amide bonds. The molecular weight excluding hydrogens is 138 g/mol. The minimum atomic E-state index is 0.137. The first-order chi connectivity index (χ1) is 4.20. The van der Waals surface area contributed by atoms with Gasteiger partial charge in [-0.3, -0.25) is 4.79 Å². The van der Waals surface area contributed by atoms with Crippen LogP contribution in [0.4, 0.5) is 0 Å². The first kappa shape index (κ1) is 6.87. The smallest absolute Gasteiger partial charge is 0.219 e. The van der Waals surface area contributed by atoms with Crippen molar-refractivity contribution in [2.45, 2.75) is 18.7 Å². The van der Waals surface area contributed by atoms with E-state index in [4.69, 9.17) is 11.6 Å². The van der Waals surface area contributed by atoms with Gasteiger partial charge in [0.05, 0.1) is 5.38 Å². The molecular formula is C6H10ClNO. The van der Waals surface area contributed by atoms with E-state index >= 15 is 0 Å². The first-order valence-corrected chi connectivity index (χ1v) is 3.53. The van der Waals surface area contributed by atoms with Crippen LogP contribution >= 0.6 is 11.6 Å². The molecule has 0 bridgehead atoms. The summed E-state index contributed by atoms with van der Waals surface area (Å²) >= 11 is 5.76. The molecule has 3 heteroatoms. The Bertz CT molecular complexity index is 126. The lowest BCUT2D eigenvalue weighted by Gasteiger charge is -2.10. The molecule has 1 unspecified atom stereocenters. The van der Waals surface area contributed by atoms with Crippen LogP contribution in [0.25, 0.3) is 0 Å². The van der Waals surface area contributed by atoms with Crippen molar-refractivity contribution in [3.05, 3.63) is 0 Å². The normalized spacial score (nSPS) is 26.9. The number of hydrogen-bond acceptors (Lipinski definition) is 1. The van der Waals surface area contributed by atoms with Gasteiger partial charge in [0.2, 0.25) is 5.91 Å². The molecule has 52 valence electrons. The van der Waals surface area contributed by atoms with Gasteiger partial charge in [0, 0.05) is 20.0 Å². The molecule has 0 aromatic rings. The van der Waals surface area contributed by atoms with E-state index in [1.807, 2.05) is 0 Å². The number of nitrogens with zero attached hydrogens (tertiary/aromatic N) is 1. The van der Waals surface area contributed by atoms with Crippen molar-refractivity contribution in [1.82, 2.24) is 4.90 Å². The molecule has 1 rings (SSSR count). The van der Waals surface area contributed by atoms with Crippen molar-refractivity contribution in [1.29, 1.82) is 0 Å². The molecule has 0 aliphatic carbocycles. The Morgan fingerprint density at radius 1 is 1.78 bits per heavy atom. The molecule has 0 aromatic carbocycles. The van der Waals surface area contributed by atoms with E-state index in [0.29, 0.717) is 0 Å². The van der Waals surface area contributed by atoms with Gasteiger partial charge in [-0.15, -0.1) is 11.6 Å². The average Bonchev–Trinajstić information content (AvgIpc) is 2.14. The highest BCUT2D eigenvalue weighted by atomic mass is 35.5. The lowest BCUT2D eigenvalue weighted by Crippen LogP contribution is -2.25. The van der Waals surface area contributed by atoms with Gasteiger partial charge in [0.25, 0.3) is 0 Å². The predicted molar refractivity (Wildman–Crippen MR) is 36.5 cm³/mol. The first-order valence-electron chi connectivity index (χ1n) is 3.09. The third-order valence-electron chi connectivity index (χ3n) is 1.58. The molecule has 0 saturated carbocycles. The van der Waals surface area contributed by atoms with Gasteiger partial charge >= 0.3 is 0 Å². The molecule has 2 nitrogen and oxygen atoms in total. The summed E-state index contributed by atoms with van der Waals surface area (Å²) < 4.78 is 0. The van der Waals surface area contributed by atoms with Crippen LogP contribution in [0.1, 0.15) is 13.3 Å². The zero-order chi connectivity index (χ0) is 6.85. The molecule has 0 spiro atoms. The van der Waals surface area contributed by atoms with Gasteiger partial charge < -0.3 is 4.90 Å². The summed E-state index contributed by atoms with van der Waals surface area (Å²) in [5, 5.41) is 0.189. The highest BCUT2D eigenvalue weighted by molar-refractivity contribution is 6.21. The Kier molecular flexibility index (Phi) is 1.96. The maximum Gasteiger partial charge on any atom is 0.219 e. The Labute approximate surface area is 59.8 Å². The largest absolute Gasteiger partial charge is 0.341 e. The molecule has 1 aliphatic rings. The monoisotopic (exact) mass is 147 g/mol. The molecule has 1 saturated heterocycles. The fourth-order valence-corrected chi connectivity index (χ4v) is 1.27. The Morgan fingerprint density at radius 2 is 2.44 bits per heavy atom. The Morgan fingerprint density at radius 3 is 2.67 bits per heavy atom. The number of halogens is 1. The maximum absolute atomic E-state index is 10.7. The molecule has 0 radical (unpaired) electrons. The van der Waals surface area contributed by atoms with Gasteiger partial charge in [-0.1, -0.05) is 0 Å². The van der Waals surface area contributed by atoms with Gasteiger partial charge in [0.15, 0.2) is 0 Å². The fourth-order valence-electron chi connectivity index (χ4n) is 1.00. The van der Waals surface area contributed by atoms with Crippen molar-refractivity contribution < 1.29 is 4.79 Å². The molecule has 1 heterocycles. The fraction of sp³-hybridized carbons (Fsp3) is 0.833. The third-order valence-corrected chi connectivity index (χ3v) is 1.93. The second kappa shape index (κ2) is 2.56. The van der Waals surface area contributed by atoms with Gasteiger partial charge in [-0.25, -0.2) is 0 Å². The average molecular weight is 148 g/mol. The van der Waals surface area contributed by atoms with Gasteiger partial charge in [-0.05, 0) is 6.42 Å². The second-order valence-electron chi connectivity index (χ2n) is 2.35. The van der Waals surface area contributed by atoms with Crippen molar-refractivity contribution in [3.63, 3.8) is 0 Å². The van der Waals surface area contributed by atoms with Crippen LogP contribution in [-0.2, 0) is 4.79 Å². The zero-order valence-corrected chi connectivity index (χ0v) is 6.19. The standard InChI is InChI=1S/C6H10ClNO/c1-5(9)8-3-2-6(7)4-8/h6H,2-4H2,1H3. The van der Waals surface area contributed by atoms with E-state index in [-0.39, 0.29) is 11.3 Å². The van der Waals surface area contributed by atoms with E-state index in [9.17, 15) is 4.79 Å².